The summed E-state index contributed by atoms with van der Waals surface area (Å²) in [5.74, 6) is 0.989. The minimum atomic E-state index is -0.502. The lowest BCUT2D eigenvalue weighted by molar-refractivity contribution is -0.141. The average molecular weight is 443 g/mol. The second-order valence-electron chi connectivity index (χ2n) is 9.37. The van der Waals surface area contributed by atoms with Crippen LogP contribution in [0.4, 0.5) is 4.79 Å². The normalized spacial score (nSPS) is 24.5. The van der Waals surface area contributed by atoms with E-state index in [1.807, 2.05) is 45.9 Å². The molecule has 32 heavy (non-hydrogen) atoms. The molecule has 0 aromatic heterocycles. The lowest BCUT2D eigenvalue weighted by Gasteiger charge is -2.46. The summed E-state index contributed by atoms with van der Waals surface area (Å²) in [5, 5.41) is 3.00. The zero-order chi connectivity index (χ0) is 22.9. The van der Waals surface area contributed by atoms with Gasteiger partial charge in [0.2, 0.25) is 11.8 Å². The number of nitrogens with one attached hydrogen (secondary N) is 1. The number of ether oxygens (including phenoxy) is 1. The first-order chi connectivity index (χ1) is 15.3. The number of fused-ring (bicyclic) bond motifs is 1. The van der Waals surface area contributed by atoms with Crippen molar-refractivity contribution < 1.29 is 19.1 Å². The van der Waals surface area contributed by atoms with Gasteiger partial charge >= 0.3 is 6.03 Å². The number of likely N-dealkylation sites (tertiary alicyclic amines) is 3. The van der Waals surface area contributed by atoms with Gasteiger partial charge in [-0.3, -0.25) is 9.59 Å². The van der Waals surface area contributed by atoms with Crippen molar-refractivity contribution >= 4 is 17.8 Å². The van der Waals surface area contributed by atoms with Crippen LogP contribution in [0.2, 0.25) is 0 Å². The number of piperidine rings is 1. The van der Waals surface area contributed by atoms with Crippen LogP contribution in [-0.2, 0) is 16.1 Å². The molecule has 3 saturated heterocycles. The van der Waals surface area contributed by atoms with Crippen molar-refractivity contribution in [1.29, 1.82) is 0 Å². The van der Waals surface area contributed by atoms with Gasteiger partial charge in [-0.05, 0) is 43.9 Å². The average Bonchev–Trinajstić information content (AvgIpc) is 3.31. The van der Waals surface area contributed by atoms with Gasteiger partial charge in [-0.25, -0.2) is 4.79 Å². The summed E-state index contributed by atoms with van der Waals surface area (Å²) in [6.07, 6.45) is 2.28. The summed E-state index contributed by atoms with van der Waals surface area (Å²) < 4.78 is 5.25. The Kier molecular flexibility index (Phi) is 6.05. The monoisotopic (exact) mass is 442 g/mol. The van der Waals surface area contributed by atoms with Crippen molar-refractivity contribution in [3.63, 3.8) is 0 Å². The first-order valence-electron chi connectivity index (χ1n) is 11.5. The largest absolute Gasteiger partial charge is 0.497 e. The summed E-state index contributed by atoms with van der Waals surface area (Å²) in [6.45, 7) is 7.81. The van der Waals surface area contributed by atoms with Crippen molar-refractivity contribution in [2.75, 3.05) is 46.4 Å². The van der Waals surface area contributed by atoms with E-state index in [1.54, 1.807) is 14.0 Å². The van der Waals surface area contributed by atoms with Crippen molar-refractivity contribution in [3.8, 4) is 5.75 Å². The third-order valence-electron chi connectivity index (χ3n) is 7.89. The predicted octanol–water partition coefficient (Wildman–Crippen LogP) is 2.09. The lowest BCUT2D eigenvalue weighted by Crippen LogP contribution is -2.54. The molecule has 3 aliphatic heterocycles. The van der Waals surface area contributed by atoms with Crippen molar-refractivity contribution in [1.82, 2.24) is 20.0 Å². The molecule has 0 aliphatic carbocycles. The number of carbonyl (C=O) groups is 3. The zero-order valence-corrected chi connectivity index (χ0v) is 19.4. The van der Waals surface area contributed by atoms with E-state index in [4.69, 9.17) is 4.74 Å². The Morgan fingerprint density at radius 3 is 2.47 bits per heavy atom. The van der Waals surface area contributed by atoms with Crippen LogP contribution < -0.4 is 10.1 Å². The number of rotatable bonds is 4. The first kappa shape index (κ1) is 22.4. The van der Waals surface area contributed by atoms with Gasteiger partial charge in [0.25, 0.3) is 0 Å². The second-order valence-corrected chi connectivity index (χ2v) is 9.37. The third kappa shape index (κ3) is 3.69. The minimum absolute atomic E-state index is 0.0301. The van der Waals surface area contributed by atoms with Crippen LogP contribution in [0.15, 0.2) is 24.3 Å². The fourth-order valence-corrected chi connectivity index (χ4v) is 5.91. The Hall–Kier alpha value is -2.77. The van der Waals surface area contributed by atoms with Crippen molar-refractivity contribution in [2.45, 2.75) is 39.7 Å². The van der Waals surface area contributed by atoms with Gasteiger partial charge in [0, 0.05) is 58.2 Å². The van der Waals surface area contributed by atoms with Gasteiger partial charge in [0.05, 0.1) is 12.5 Å². The van der Waals surface area contributed by atoms with Gasteiger partial charge in [0.15, 0.2) is 0 Å². The fourth-order valence-electron chi connectivity index (χ4n) is 5.91. The number of methoxy groups -OCH3 is 1. The molecule has 1 aromatic carbocycles. The molecule has 174 valence electrons. The fraction of sp³-hybridized carbons (Fsp3) is 0.625. The molecule has 4 amide bonds. The van der Waals surface area contributed by atoms with Crippen LogP contribution in [0.1, 0.15) is 38.7 Å². The minimum Gasteiger partial charge on any atom is -0.497 e. The highest BCUT2D eigenvalue weighted by Crippen LogP contribution is 2.57. The molecule has 3 fully saturated rings. The van der Waals surface area contributed by atoms with Crippen LogP contribution >= 0.6 is 0 Å². The Morgan fingerprint density at radius 2 is 1.84 bits per heavy atom. The standard InChI is InChI=1S/C24H34N4O4/c1-4-26-13-10-24(21(26)30)17-28(18(2)29)16-23(24)8-11-27(12-9-23)22(31)25-15-19-6-5-7-20(14-19)32-3/h5-7,14H,4,8-13,15-17H2,1-3H3,(H,25,31). The molecule has 1 unspecified atom stereocenters. The van der Waals surface area contributed by atoms with Gasteiger partial charge < -0.3 is 24.8 Å². The van der Waals surface area contributed by atoms with E-state index in [0.717, 1.165) is 37.1 Å². The van der Waals surface area contributed by atoms with Gasteiger partial charge in [-0.1, -0.05) is 12.1 Å². The summed E-state index contributed by atoms with van der Waals surface area (Å²) in [6, 6.07) is 7.56. The topological polar surface area (TPSA) is 82.2 Å². The maximum Gasteiger partial charge on any atom is 0.317 e. The van der Waals surface area contributed by atoms with E-state index >= 15 is 0 Å². The number of amides is 4. The van der Waals surface area contributed by atoms with E-state index in [1.165, 1.54) is 0 Å². The molecule has 0 radical (unpaired) electrons. The Bertz CT molecular complexity index is 896. The smallest absolute Gasteiger partial charge is 0.317 e. The highest BCUT2D eigenvalue weighted by atomic mass is 16.5. The maximum absolute atomic E-state index is 13.4. The Balaban J connectivity index is 1.43. The molecule has 3 aliphatic rings. The number of nitrogens with zero attached hydrogens (tertiary/aromatic N) is 3. The van der Waals surface area contributed by atoms with Crippen LogP contribution in [0.25, 0.3) is 0 Å². The van der Waals surface area contributed by atoms with Crippen LogP contribution in [0, 0.1) is 10.8 Å². The summed E-state index contributed by atoms with van der Waals surface area (Å²) in [7, 11) is 1.62. The molecule has 2 spiro atoms. The van der Waals surface area contributed by atoms with Gasteiger partial charge in [-0.2, -0.15) is 0 Å². The predicted molar refractivity (Wildman–Crippen MR) is 120 cm³/mol. The number of benzene rings is 1. The molecule has 8 heteroatoms. The van der Waals surface area contributed by atoms with E-state index in [2.05, 4.69) is 5.32 Å². The van der Waals surface area contributed by atoms with Crippen LogP contribution in [-0.4, -0.2) is 78.9 Å². The molecular formula is C24H34N4O4. The summed E-state index contributed by atoms with van der Waals surface area (Å²) >= 11 is 0. The Morgan fingerprint density at radius 1 is 1.09 bits per heavy atom. The molecule has 1 aromatic rings. The zero-order valence-electron chi connectivity index (χ0n) is 19.4. The van der Waals surface area contributed by atoms with E-state index in [0.29, 0.717) is 39.3 Å². The number of hydrogen-bond acceptors (Lipinski definition) is 4. The summed E-state index contributed by atoms with van der Waals surface area (Å²) in [5.41, 5.74) is 0.232. The van der Waals surface area contributed by atoms with Crippen LogP contribution in [0.3, 0.4) is 0 Å². The van der Waals surface area contributed by atoms with Gasteiger partial charge in [-0.15, -0.1) is 0 Å². The quantitative estimate of drug-likeness (QED) is 0.774. The molecule has 8 nitrogen and oxygen atoms in total. The van der Waals surface area contributed by atoms with E-state index in [9.17, 15) is 14.4 Å². The molecule has 0 saturated carbocycles. The van der Waals surface area contributed by atoms with Crippen molar-refractivity contribution in [2.24, 2.45) is 10.8 Å². The first-order valence-corrected chi connectivity index (χ1v) is 11.5. The SMILES string of the molecule is CCN1CCC2(CN(C(C)=O)CC23CCN(C(=O)NCc2cccc(OC)c2)CC3)C1=O. The third-order valence-corrected chi connectivity index (χ3v) is 7.89. The molecule has 1 N–H and O–H groups in total. The number of urea groups is 1. The number of carbonyl (C=O) groups excluding carboxylic acids is 3. The molecule has 0 bridgehead atoms. The molecule has 3 heterocycles. The van der Waals surface area contributed by atoms with Gasteiger partial charge in [0.1, 0.15) is 5.75 Å². The van der Waals surface area contributed by atoms with Crippen molar-refractivity contribution in [3.05, 3.63) is 29.8 Å². The highest BCUT2D eigenvalue weighted by molar-refractivity contribution is 5.88. The second kappa shape index (κ2) is 8.64. The number of hydrogen-bond donors (Lipinski definition) is 1. The maximum atomic E-state index is 13.4. The molecule has 4 rings (SSSR count). The van der Waals surface area contributed by atoms with E-state index < -0.39 is 5.41 Å². The highest BCUT2D eigenvalue weighted by Gasteiger charge is 2.65. The molecular weight excluding hydrogens is 408 g/mol. The lowest BCUT2D eigenvalue weighted by atomic mass is 9.60. The van der Waals surface area contributed by atoms with E-state index in [-0.39, 0.29) is 23.3 Å². The van der Waals surface area contributed by atoms with Crippen LogP contribution in [0.5, 0.6) is 5.75 Å². The summed E-state index contributed by atoms with van der Waals surface area (Å²) in [4.78, 5) is 44.1. The molecule has 1 atom stereocenters. The Labute approximate surface area is 189 Å².